The van der Waals surface area contributed by atoms with Crippen molar-refractivity contribution in [3.8, 4) is 0 Å². The van der Waals surface area contributed by atoms with Gasteiger partial charge in [-0.2, -0.15) is 0 Å². The SMILES string of the molecule is CC(C)CCC[C@H](C)[C@@H]1CC[C@@H]2[C@H]3CC=C4C[C@@H](OC(=O)[C@H](Br)Cc5ccccc5)CC[C@]4(C)[C@@H]3CC[C@@]21C. The van der Waals surface area contributed by atoms with Crippen LogP contribution in [0.5, 0.6) is 0 Å². The summed E-state index contributed by atoms with van der Waals surface area (Å²) in [6, 6.07) is 10.2. The summed E-state index contributed by atoms with van der Waals surface area (Å²) in [4.78, 5) is 12.7. The van der Waals surface area contributed by atoms with Crippen molar-refractivity contribution >= 4 is 21.9 Å². The van der Waals surface area contributed by atoms with E-state index in [0.29, 0.717) is 17.3 Å². The molecule has 0 bridgehead atoms. The number of rotatable bonds is 9. The number of allylic oxidation sites excluding steroid dienone is 1. The molecular weight excluding hydrogens is 544 g/mol. The Balaban J connectivity index is 1.21. The number of alkyl halides is 1. The lowest BCUT2D eigenvalue weighted by atomic mass is 9.47. The molecular formula is C36H53BrO2. The molecule has 0 heterocycles. The predicted molar refractivity (Wildman–Crippen MR) is 166 cm³/mol. The van der Waals surface area contributed by atoms with Crippen molar-refractivity contribution in [2.75, 3.05) is 0 Å². The van der Waals surface area contributed by atoms with Crippen LogP contribution in [-0.4, -0.2) is 16.9 Å². The Kier molecular flexibility index (Phi) is 9.07. The molecule has 1 aromatic rings. The maximum Gasteiger partial charge on any atom is 0.320 e. The number of ether oxygens (including phenoxy) is 1. The van der Waals surface area contributed by atoms with Gasteiger partial charge in [0.2, 0.25) is 0 Å². The van der Waals surface area contributed by atoms with Gasteiger partial charge in [0.1, 0.15) is 10.9 Å². The Morgan fingerprint density at radius 3 is 2.51 bits per heavy atom. The molecule has 5 rings (SSSR count). The van der Waals surface area contributed by atoms with Crippen LogP contribution in [0.4, 0.5) is 0 Å². The van der Waals surface area contributed by atoms with Crippen molar-refractivity contribution < 1.29 is 9.53 Å². The van der Waals surface area contributed by atoms with Gasteiger partial charge in [0.15, 0.2) is 0 Å². The molecule has 0 aliphatic heterocycles. The second-order valence-electron chi connectivity index (χ2n) is 14.7. The van der Waals surface area contributed by atoms with Gasteiger partial charge in [-0.3, -0.25) is 4.79 Å². The van der Waals surface area contributed by atoms with Crippen molar-refractivity contribution in [3.63, 3.8) is 0 Å². The summed E-state index contributed by atoms with van der Waals surface area (Å²) >= 11 is 3.61. The molecule has 0 radical (unpaired) electrons. The lowest BCUT2D eigenvalue weighted by molar-refractivity contribution is -0.150. The van der Waals surface area contributed by atoms with Gasteiger partial charge in [0.05, 0.1) is 0 Å². The third-order valence-electron chi connectivity index (χ3n) is 12.1. The first kappa shape index (κ1) is 29.4. The molecule has 3 saturated carbocycles. The zero-order chi connectivity index (χ0) is 27.8. The number of esters is 1. The minimum Gasteiger partial charge on any atom is -0.461 e. The van der Waals surface area contributed by atoms with Crippen LogP contribution in [-0.2, 0) is 16.0 Å². The smallest absolute Gasteiger partial charge is 0.320 e. The molecule has 9 atom stereocenters. The van der Waals surface area contributed by atoms with Crippen LogP contribution >= 0.6 is 15.9 Å². The van der Waals surface area contributed by atoms with Crippen molar-refractivity contribution in [3.05, 3.63) is 47.5 Å². The Bertz CT molecular complexity index is 1020. The summed E-state index contributed by atoms with van der Waals surface area (Å²) in [5.41, 5.74) is 3.60. The highest BCUT2D eigenvalue weighted by Crippen LogP contribution is 2.67. The van der Waals surface area contributed by atoms with E-state index in [1.165, 1.54) is 57.8 Å². The van der Waals surface area contributed by atoms with Gasteiger partial charge in [-0.25, -0.2) is 0 Å². The average Bonchev–Trinajstić information content (AvgIpc) is 3.26. The number of halogens is 1. The van der Waals surface area contributed by atoms with Crippen LogP contribution in [0.1, 0.15) is 111 Å². The fourth-order valence-electron chi connectivity index (χ4n) is 9.90. The minimum absolute atomic E-state index is 0.0283. The summed E-state index contributed by atoms with van der Waals surface area (Å²) in [7, 11) is 0. The Morgan fingerprint density at radius 2 is 1.77 bits per heavy atom. The van der Waals surface area contributed by atoms with Crippen LogP contribution in [0.2, 0.25) is 0 Å². The van der Waals surface area contributed by atoms with E-state index in [0.717, 1.165) is 53.9 Å². The molecule has 0 spiro atoms. The van der Waals surface area contributed by atoms with E-state index in [4.69, 9.17) is 4.74 Å². The lowest BCUT2D eigenvalue weighted by Gasteiger charge is -2.58. The average molecular weight is 598 g/mol. The van der Waals surface area contributed by atoms with E-state index in [9.17, 15) is 4.79 Å². The predicted octanol–water partition coefficient (Wildman–Crippen LogP) is 9.95. The van der Waals surface area contributed by atoms with Gasteiger partial charge in [-0.05, 0) is 103 Å². The van der Waals surface area contributed by atoms with Gasteiger partial charge in [0, 0.05) is 6.42 Å². The van der Waals surface area contributed by atoms with Gasteiger partial charge >= 0.3 is 5.97 Å². The standard InChI is InChI=1S/C36H53BrO2/c1-24(2)10-9-11-25(3)30-16-17-31-29-15-14-27-23-28(18-20-35(27,4)32(29)19-21-36(30,31)5)39-34(38)33(37)22-26-12-7-6-8-13-26/h6-8,12-14,24-25,28-33H,9-11,15-23H2,1-5H3/t25-,28-,29+,30-,31+,32+,33+,35-,36+/m0/s1. The number of hydrogen-bond acceptors (Lipinski definition) is 2. The van der Waals surface area contributed by atoms with Crippen LogP contribution in [0, 0.1) is 46.3 Å². The molecule has 3 fully saturated rings. The van der Waals surface area contributed by atoms with Crippen LogP contribution in [0.3, 0.4) is 0 Å². The number of hydrogen-bond donors (Lipinski definition) is 0. The second-order valence-corrected chi connectivity index (χ2v) is 15.9. The number of carbonyl (C=O) groups is 1. The van der Waals surface area contributed by atoms with Crippen LogP contribution in [0.25, 0.3) is 0 Å². The summed E-state index contributed by atoms with van der Waals surface area (Å²) in [6.45, 7) is 12.6. The summed E-state index contributed by atoms with van der Waals surface area (Å²) < 4.78 is 6.10. The molecule has 4 aliphatic rings. The van der Waals surface area contributed by atoms with Gasteiger partial charge < -0.3 is 4.74 Å². The third kappa shape index (κ3) is 5.96. The van der Waals surface area contributed by atoms with Crippen LogP contribution in [0.15, 0.2) is 42.0 Å². The molecule has 0 aromatic heterocycles. The molecule has 2 nitrogen and oxygen atoms in total. The molecule has 0 unspecified atom stereocenters. The fraction of sp³-hybridized carbons (Fsp3) is 0.750. The van der Waals surface area contributed by atoms with Crippen molar-refractivity contribution in [1.29, 1.82) is 0 Å². The van der Waals surface area contributed by atoms with Gasteiger partial charge in [-0.1, -0.05) is 112 Å². The molecule has 216 valence electrons. The maximum absolute atomic E-state index is 12.9. The number of benzene rings is 1. The molecule has 3 heteroatoms. The van der Waals surface area contributed by atoms with Gasteiger partial charge in [-0.15, -0.1) is 0 Å². The summed E-state index contributed by atoms with van der Waals surface area (Å²) in [6.07, 6.45) is 17.6. The first-order valence-electron chi connectivity index (χ1n) is 16.2. The topological polar surface area (TPSA) is 26.3 Å². The quantitative estimate of drug-likeness (QED) is 0.161. The normalized spacial score (nSPS) is 37.3. The van der Waals surface area contributed by atoms with E-state index >= 15 is 0 Å². The van der Waals surface area contributed by atoms with E-state index in [1.807, 2.05) is 18.2 Å². The summed E-state index contributed by atoms with van der Waals surface area (Å²) in [5, 5.41) is 0. The Morgan fingerprint density at radius 1 is 1.00 bits per heavy atom. The fourth-order valence-corrected chi connectivity index (χ4v) is 10.4. The first-order chi connectivity index (χ1) is 18.6. The minimum atomic E-state index is -0.281. The van der Waals surface area contributed by atoms with Gasteiger partial charge in [0.25, 0.3) is 0 Å². The lowest BCUT2D eigenvalue weighted by Crippen LogP contribution is -2.51. The van der Waals surface area contributed by atoms with Crippen LogP contribution < -0.4 is 0 Å². The molecule has 4 aliphatic carbocycles. The van der Waals surface area contributed by atoms with Crippen molar-refractivity contribution in [2.45, 2.75) is 123 Å². The highest BCUT2D eigenvalue weighted by atomic mass is 79.9. The van der Waals surface area contributed by atoms with Crippen molar-refractivity contribution in [1.82, 2.24) is 0 Å². The Hall–Kier alpha value is -1.09. The Labute approximate surface area is 247 Å². The van der Waals surface area contributed by atoms with Crippen molar-refractivity contribution in [2.24, 2.45) is 46.3 Å². The number of carbonyl (C=O) groups excluding carboxylic acids is 1. The molecule has 0 amide bonds. The number of fused-ring (bicyclic) bond motifs is 5. The summed E-state index contributed by atoms with van der Waals surface area (Å²) in [5.74, 6) is 5.06. The van der Waals surface area contributed by atoms with E-state index in [-0.39, 0.29) is 16.9 Å². The molecule has 0 saturated heterocycles. The van der Waals surface area contributed by atoms with E-state index < -0.39 is 0 Å². The largest absolute Gasteiger partial charge is 0.461 e. The maximum atomic E-state index is 12.9. The molecule has 1 aromatic carbocycles. The zero-order valence-electron chi connectivity index (χ0n) is 25.3. The highest BCUT2D eigenvalue weighted by Gasteiger charge is 2.59. The zero-order valence-corrected chi connectivity index (χ0v) is 26.8. The monoisotopic (exact) mass is 596 g/mol. The highest BCUT2D eigenvalue weighted by molar-refractivity contribution is 9.10. The molecule has 0 N–H and O–H groups in total. The molecule has 39 heavy (non-hydrogen) atoms. The first-order valence-corrected chi connectivity index (χ1v) is 17.1. The third-order valence-corrected chi connectivity index (χ3v) is 12.8. The van der Waals surface area contributed by atoms with E-state index in [2.05, 4.69) is 68.8 Å². The second kappa shape index (κ2) is 12.0. The van der Waals surface area contributed by atoms with E-state index in [1.54, 1.807) is 5.57 Å².